The normalized spacial score (nSPS) is 18.7. The zero-order valence-corrected chi connectivity index (χ0v) is 16.6. The molecule has 1 aromatic heterocycles. The monoisotopic (exact) mass is 355 g/mol. The number of hydrogen-bond acceptors (Lipinski definition) is 4. The molecule has 4 heteroatoms. The van der Waals surface area contributed by atoms with Crippen LogP contribution in [0.5, 0.6) is 0 Å². The minimum absolute atomic E-state index is 0.0839. The molecule has 0 N–H and O–H groups in total. The minimum atomic E-state index is -0.355. The van der Waals surface area contributed by atoms with Gasteiger partial charge in [-0.05, 0) is 49.5 Å². The topological polar surface area (TPSA) is 56.3 Å². The number of ether oxygens (including phenoxy) is 1. The summed E-state index contributed by atoms with van der Waals surface area (Å²) < 4.78 is 5.37. The van der Waals surface area contributed by atoms with Crippen molar-refractivity contribution < 1.29 is 14.3 Å². The van der Waals surface area contributed by atoms with Crippen LogP contribution >= 0.6 is 0 Å². The van der Waals surface area contributed by atoms with Crippen LogP contribution in [0.3, 0.4) is 0 Å². The molecule has 0 unspecified atom stereocenters. The molecule has 0 saturated carbocycles. The molecular formula is C22H29NO3. The molecular weight excluding hydrogens is 326 g/mol. The molecule has 1 aromatic rings. The quantitative estimate of drug-likeness (QED) is 0.705. The van der Waals surface area contributed by atoms with Crippen molar-refractivity contribution in [1.29, 1.82) is 0 Å². The minimum Gasteiger partial charge on any atom is -0.462 e. The lowest BCUT2D eigenvalue weighted by Gasteiger charge is -2.32. The summed E-state index contributed by atoms with van der Waals surface area (Å²) in [5.41, 5.74) is 4.63. The van der Waals surface area contributed by atoms with E-state index in [1.807, 2.05) is 13.8 Å². The van der Waals surface area contributed by atoms with Gasteiger partial charge in [0.05, 0.1) is 23.6 Å². The second-order valence-electron chi connectivity index (χ2n) is 8.51. The highest BCUT2D eigenvalue weighted by Gasteiger charge is 2.38. The molecule has 0 atom stereocenters. The summed E-state index contributed by atoms with van der Waals surface area (Å²) in [6.07, 6.45) is 6.38. The molecule has 0 radical (unpaired) electrons. The van der Waals surface area contributed by atoms with E-state index in [9.17, 15) is 9.59 Å². The third-order valence-electron chi connectivity index (χ3n) is 5.25. The number of carbonyl (C=O) groups excluding carboxylic acids is 2. The van der Waals surface area contributed by atoms with Crippen LogP contribution in [0.2, 0.25) is 0 Å². The molecule has 2 aliphatic rings. The number of Topliss-reactive ketones (excluding diaryl/α,β-unsaturated/α-hetero) is 1. The SMILES string of the molecule is CCOC(=O)c1c(C(C)C)nc2c(c1C1=CCCC1)C(=O)CC(C)(C)C2. The first-order valence-electron chi connectivity index (χ1n) is 9.71. The highest BCUT2D eigenvalue weighted by molar-refractivity contribution is 6.08. The zero-order valence-electron chi connectivity index (χ0n) is 16.6. The molecule has 140 valence electrons. The zero-order chi connectivity index (χ0) is 19.1. The van der Waals surface area contributed by atoms with Gasteiger partial charge in [0.2, 0.25) is 0 Å². The van der Waals surface area contributed by atoms with Crippen LogP contribution in [0.4, 0.5) is 0 Å². The van der Waals surface area contributed by atoms with Crippen LogP contribution in [0.1, 0.15) is 104 Å². The van der Waals surface area contributed by atoms with Crippen molar-refractivity contribution in [3.63, 3.8) is 0 Å². The van der Waals surface area contributed by atoms with Crippen LogP contribution in [0, 0.1) is 5.41 Å². The lowest BCUT2D eigenvalue weighted by molar-refractivity contribution is 0.0523. The second-order valence-corrected chi connectivity index (χ2v) is 8.51. The molecule has 0 amide bonds. The van der Waals surface area contributed by atoms with Crippen LogP contribution in [0.15, 0.2) is 6.08 Å². The van der Waals surface area contributed by atoms with Crippen molar-refractivity contribution >= 4 is 17.3 Å². The van der Waals surface area contributed by atoms with E-state index in [2.05, 4.69) is 19.9 Å². The van der Waals surface area contributed by atoms with Crippen molar-refractivity contribution in [2.24, 2.45) is 5.41 Å². The highest BCUT2D eigenvalue weighted by atomic mass is 16.5. The number of allylic oxidation sites excluding steroid dienone is 2. The van der Waals surface area contributed by atoms with Gasteiger partial charge in [0, 0.05) is 17.5 Å². The smallest absolute Gasteiger partial charge is 0.340 e. The van der Waals surface area contributed by atoms with E-state index in [0.717, 1.165) is 48.2 Å². The Balaban J connectivity index is 2.34. The number of esters is 1. The molecule has 26 heavy (non-hydrogen) atoms. The first-order chi connectivity index (χ1) is 12.2. The molecule has 4 nitrogen and oxygen atoms in total. The van der Waals surface area contributed by atoms with Crippen molar-refractivity contribution in [2.75, 3.05) is 6.61 Å². The van der Waals surface area contributed by atoms with Crippen molar-refractivity contribution in [2.45, 2.75) is 72.6 Å². The predicted molar refractivity (Wildman–Crippen MR) is 103 cm³/mol. The van der Waals surface area contributed by atoms with Gasteiger partial charge in [-0.2, -0.15) is 0 Å². The van der Waals surface area contributed by atoms with E-state index in [1.54, 1.807) is 6.92 Å². The van der Waals surface area contributed by atoms with Gasteiger partial charge in [-0.1, -0.05) is 33.8 Å². The molecule has 0 bridgehead atoms. The van der Waals surface area contributed by atoms with Gasteiger partial charge in [-0.15, -0.1) is 0 Å². The molecule has 0 fully saturated rings. The fourth-order valence-corrected chi connectivity index (χ4v) is 4.17. The summed E-state index contributed by atoms with van der Waals surface area (Å²) in [6.45, 7) is 10.4. The van der Waals surface area contributed by atoms with Crippen LogP contribution < -0.4 is 0 Å². The van der Waals surface area contributed by atoms with E-state index >= 15 is 0 Å². The van der Waals surface area contributed by atoms with E-state index in [0.29, 0.717) is 24.2 Å². The predicted octanol–water partition coefficient (Wildman–Crippen LogP) is 5.10. The Morgan fingerprint density at radius 1 is 1.27 bits per heavy atom. The maximum atomic E-state index is 13.1. The maximum Gasteiger partial charge on any atom is 0.340 e. The lowest BCUT2D eigenvalue weighted by atomic mass is 9.72. The van der Waals surface area contributed by atoms with Crippen LogP contribution in [-0.2, 0) is 11.2 Å². The van der Waals surface area contributed by atoms with E-state index < -0.39 is 0 Å². The number of carbonyl (C=O) groups is 2. The Hall–Kier alpha value is -1.97. The van der Waals surface area contributed by atoms with Gasteiger partial charge < -0.3 is 4.74 Å². The number of aromatic nitrogens is 1. The fraction of sp³-hybridized carbons (Fsp3) is 0.591. The number of nitrogens with zero attached hydrogens (tertiary/aromatic N) is 1. The average molecular weight is 355 g/mol. The van der Waals surface area contributed by atoms with Gasteiger partial charge in [0.1, 0.15) is 0 Å². The summed E-state index contributed by atoms with van der Waals surface area (Å²) in [4.78, 5) is 30.8. The van der Waals surface area contributed by atoms with Crippen molar-refractivity contribution in [3.05, 3.63) is 34.2 Å². The number of fused-ring (bicyclic) bond motifs is 1. The number of rotatable bonds is 4. The second kappa shape index (κ2) is 6.98. The van der Waals surface area contributed by atoms with Crippen molar-refractivity contribution in [1.82, 2.24) is 4.98 Å². The summed E-state index contributed by atoms with van der Waals surface area (Å²) in [5.74, 6) is -0.167. The van der Waals surface area contributed by atoms with E-state index in [-0.39, 0.29) is 23.1 Å². The Morgan fingerprint density at radius 2 is 2.00 bits per heavy atom. The molecule has 3 rings (SSSR count). The van der Waals surface area contributed by atoms with E-state index in [4.69, 9.17) is 9.72 Å². The summed E-state index contributed by atoms with van der Waals surface area (Å²) >= 11 is 0. The lowest BCUT2D eigenvalue weighted by Crippen LogP contribution is -2.31. The fourth-order valence-electron chi connectivity index (χ4n) is 4.17. The maximum absolute atomic E-state index is 13.1. The Kier molecular flexibility index (Phi) is 5.05. The molecule has 0 saturated heterocycles. The van der Waals surface area contributed by atoms with Gasteiger partial charge in [-0.3, -0.25) is 9.78 Å². The van der Waals surface area contributed by atoms with Crippen LogP contribution in [-0.4, -0.2) is 23.3 Å². The molecule has 2 aliphatic carbocycles. The van der Waals surface area contributed by atoms with Gasteiger partial charge in [-0.25, -0.2) is 4.79 Å². The van der Waals surface area contributed by atoms with Crippen molar-refractivity contribution in [3.8, 4) is 0 Å². The average Bonchev–Trinajstić information content (AvgIpc) is 3.06. The summed E-state index contributed by atoms with van der Waals surface area (Å²) in [7, 11) is 0. The third-order valence-corrected chi connectivity index (χ3v) is 5.25. The first-order valence-corrected chi connectivity index (χ1v) is 9.71. The largest absolute Gasteiger partial charge is 0.462 e. The molecule has 1 heterocycles. The van der Waals surface area contributed by atoms with E-state index in [1.165, 1.54) is 0 Å². The highest BCUT2D eigenvalue weighted by Crippen LogP contribution is 2.42. The first kappa shape index (κ1) is 18.8. The van der Waals surface area contributed by atoms with Gasteiger partial charge in [0.25, 0.3) is 0 Å². The number of hydrogen-bond donors (Lipinski definition) is 0. The van der Waals surface area contributed by atoms with Gasteiger partial charge >= 0.3 is 5.97 Å². The Labute approximate surface area is 156 Å². The number of pyridine rings is 1. The summed E-state index contributed by atoms with van der Waals surface area (Å²) in [6, 6.07) is 0. The third kappa shape index (κ3) is 3.34. The Morgan fingerprint density at radius 3 is 2.58 bits per heavy atom. The molecule has 0 spiro atoms. The molecule has 0 aliphatic heterocycles. The Bertz CT molecular complexity index is 787. The van der Waals surface area contributed by atoms with Crippen LogP contribution in [0.25, 0.3) is 5.57 Å². The molecule has 0 aromatic carbocycles. The summed E-state index contributed by atoms with van der Waals surface area (Å²) in [5, 5.41) is 0. The van der Waals surface area contributed by atoms with Gasteiger partial charge in [0.15, 0.2) is 5.78 Å². The standard InChI is InChI=1S/C22H29NO3/c1-6-26-21(25)19-17(14-9-7-8-10-14)18-15(23-20(19)13(2)3)11-22(4,5)12-16(18)24/h9,13H,6-8,10-12H2,1-5H3. The number of ketones is 1.